The molecule has 1 aromatic heterocycles. The van der Waals surface area contributed by atoms with E-state index in [4.69, 9.17) is 9.47 Å². The van der Waals surface area contributed by atoms with Crippen LogP contribution in [0.5, 0.6) is 5.75 Å². The third-order valence-electron chi connectivity index (χ3n) is 3.70. The van der Waals surface area contributed by atoms with Crippen molar-refractivity contribution in [2.75, 3.05) is 0 Å². The fraction of sp³-hybridized carbons (Fsp3) is 0.400. The van der Waals surface area contributed by atoms with Crippen molar-refractivity contribution in [1.29, 1.82) is 0 Å². The number of hydrogen-bond donors (Lipinski definition) is 3. The third-order valence-corrected chi connectivity index (χ3v) is 3.70. The molecule has 3 rings (SSSR count). The molecule has 0 amide bonds. The molecule has 1 aliphatic heterocycles. The molecule has 1 fully saturated rings. The lowest BCUT2D eigenvalue weighted by Crippen LogP contribution is -2.58. The zero-order valence-electron chi connectivity index (χ0n) is 11.8. The predicted octanol–water partition coefficient (Wildman–Crippen LogP) is 0.580. The summed E-state index contributed by atoms with van der Waals surface area (Å²) in [5.41, 5.74) is 0.284. The van der Waals surface area contributed by atoms with E-state index < -0.39 is 36.7 Å². The zero-order valence-corrected chi connectivity index (χ0v) is 11.8. The quantitative estimate of drug-likeness (QED) is 0.703. The van der Waals surface area contributed by atoms with Gasteiger partial charge in [-0.2, -0.15) is 4.39 Å². The van der Waals surface area contributed by atoms with Gasteiger partial charge in [-0.1, -0.05) is 12.1 Å². The molecule has 0 spiro atoms. The van der Waals surface area contributed by atoms with Crippen molar-refractivity contribution in [2.45, 2.75) is 37.6 Å². The van der Waals surface area contributed by atoms with Gasteiger partial charge < -0.3 is 24.8 Å². The number of halogens is 1. The van der Waals surface area contributed by atoms with Crippen molar-refractivity contribution in [1.82, 2.24) is 4.98 Å². The number of fused-ring (bicyclic) bond motifs is 1. The highest BCUT2D eigenvalue weighted by molar-refractivity contribution is 5.84. The fourth-order valence-electron chi connectivity index (χ4n) is 2.43. The number of ether oxygens (including phenoxy) is 2. The Hall–Kier alpha value is -1.80. The van der Waals surface area contributed by atoms with Crippen LogP contribution in [-0.2, 0) is 4.74 Å². The van der Waals surface area contributed by atoms with Crippen LogP contribution in [0.4, 0.5) is 4.39 Å². The number of aliphatic hydroxyl groups excluding tert-OH is 3. The van der Waals surface area contributed by atoms with E-state index in [2.05, 4.69) is 4.98 Å². The number of para-hydroxylation sites is 1. The van der Waals surface area contributed by atoms with Gasteiger partial charge in [0.25, 0.3) is 0 Å². The number of aromatic nitrogens is 1. The summed E-state index contributed by atoms with van der Waals surface area (Å²) in [6.45, 7) is 1.55. The molecule has 1 saturated heterocycles. The van der Waals surface area contributed by atoms with Gasteiger partial charge in [0.2, 0.25) is 12.2 Å². The fourth-order valence-corrected chi connectivity index (χ4v) is 2.43. The summed E-state index contributed by atoms with van der Waals surface area (Å²) in [6.07, 6.45) is -5.95. The third kappa shape index (κ3) is 2.64. The highest BCUT2D eigenvalue weighted by atomic mass is 19.1. The number of pyridine rings is 1. The summed E-state index contributed by atoms with van der Waals surface area (Å²) < 4.78 is 24.2. The highest BCUT2D eigenvalue weighted by Gasteiger charge is 2.43. The number of benzene rings is 1. The van der Waals surface area contributed by atoms with Crippen molar-refractivity contribution >= 4 is 10.9 Å². The van der Waals surface area contributed by atoms with Crippen LogP contribution in [-0.4, -0.2) is 51.0 Å². The number of aliphatic hydroxyl groups is 3. The van der Waals surface area contributed by atoms with Gasteiger partial charge in [0.15, 0.2) is 0 Å². The lowest BCUT2D eigenvalue weighted by atomic mass is 10.00. The number of rotatable bonds is 2. The van der Waals surface area contributed by atoms with Crippen LogP contribution >= 0.6 is 0 Å². The molecule has 22 heavy (non-hydrogen) atoms. The second-order valence-electron chi connectivity index (χ2n) is 5.26. The lowest BCUT2D eigenvalue weighted by molar-refractivity contribution is -0.267. The molecule has 2 aromatic rings. The van der Waals surface area contributed by atoms with Gasteiger partial charge in [-0.05, 0) is 25.1 Å². The standard InChI is InChI=1S/C15H16FNO5/c1-7-12(18)13(19)14(20)15(21-7)22-9-4-2-3-8-5-6-10(16)17-11(8)9/h2-7,12-15,18-20H,1H3/t7-,12-,13+,14-,15?/m1/s1. The topological polar surface area (TPSA) is 92.0 Å². The lowest BCUT2D eigenvalue weighted by Gasteiger charge is -2.38. The minimum atomic E-state index is -1.44. The summed E-state index contributed by atoms with van der Waals surface area (Å²) in [5, 5.41) is 30.1. The minimum Gasteiger partial charge on any atom is -0.460 e. The van der Waals surface area contributed by atoms with E-state index in [1.807, 2.05) is 0 Å². The second kappa shape index (κ2) is 5.77. The van der Waals surface area contributed by atoms with E-state index in [-0.39, 0.29) is 11.3 Å². The first-order valence-electron chi connectivity index (χ1n) is 6.89. The van der Waals surface area contributed by atoms with E-state index in [0.29, 0.717) is 5.39 Å². The number of hydrogen-bond acceptors (Lipinski definition) is 6. The molecular formula is C15H16FNO5. The Labute approximate surface area is 125 Å². The molecule has 3 N–H and O–H groups in total. The molecule has 118 valence electrons. The van der Waals surface area contributed by atoms with E-state index in [1.165, 1.54) is 6.07 Å². The Kier molecular flexibility index (Phi) is 3.96. The van der Waals surface area contributed by atoms with Gasteiger partial charge in [0, 0.05) is 5.39 Å². The Morgan fingerprint density at radius 3 is 2.64 bits per heavy atom. The molecule has 1 aromatic carbocycles. The van der Waals surface area contributed by atoms with Crippen molar-refractivity contribution in [3.05, 3.63) is 36.3 Å². The van der Waals surface area contributed by atoms with E-state index >= 15 is 0 Å². The molecule has 5 atom stereocenters. The highest BCUT2D eigenvalue weighted by Crippen LogP contribution is 2.28. The van der Waals surface area contributed by atoms with Gasteiger partial charge in [-0.3, -0.25) is 0 Å². The van der Waals surface area contributed by atoms with Crippen molar-refractivity contribution in [3.8, 4) is 5.75 Å². The average molecular weight is 309 g/mol. The van der Waals surface area contributed by atoms with Gasteiger partial charge in [0.05, 0.1) is 6.10 Å². The molecule has 1 unspecified atom stereocenters. The molecule has 2 heterocycles. The monoisotopic (exact) mass is 309 g/mol. The van der Waals surface area contributed by atoms with E-state index in [1.54, 1.807) is 31.2 Å². The van der Waals surface area contributed by atoms with E-state index in [0.717, 1.165) is 0 Å². The Morgan fingerprint density at radius 2 is 1.86 bits per heavy atom. The Balaban J connectivity index is 1.91. The Bertz CT molecular complexity index is 682. The van der Waals surface area contributed by atoms with Gasteiger partial charge >= 0.3 is 0 Å². The summed E-state index contributed by atoms with van der Waals surface area (Å²) in [7, 11) is 0. The van der Waals surface area contributed by atoms with Crippen LogP contribution in [0.2, 0.25) is 0 Å². The van der Waals surface area contributed by atoms with Crippen LogP contribution in [0.25, 0.3) is 10.9 Å². The first-order valence-corrected chi connectivity index (χ1v) is 6.89. The van der Waals surface area contributed by atoms with Crippen LogP contribution in [0.15, 0.2) is 30.3 Å². The van der Waals surface area contributed by atoms with E-state index in [9.17, 15) is 19.7 Å². The zero-order chi connectivity index (χ0) is 15.9. The normalized spacial score (nSPS) is 32.1. The molecule has 6 nitrogen and oxygen atoms in total. The maximum absolute atomic E-state index is 13.3. The van der Waals surface area contributed by atoms with Crippen LogP contribution in [0.3, 0.4) is 0 Å². The summed E-state index contributed by atoms with van der Waals surface area (Å²) in [6, 6.07) is 7.80. The number of nitrogens with zero attached hydrogens (tertiary/aromatic N) is 1. The van der Waals surface area contributed by atoms with Gasteiger partial charge in [0.1, 0.15) is 29.6 Å². The molecule has 1 aliphatic rings. The minimum absolute atomic E-state index is 0.219. The average Bonchev–Trinajstić information content (AvgIpc) is 2.51. The summed E-state index contributed by atoms with van der Waals surface area (Å²) in [4.78, 5) is 3.78. The van der Waals surface area contributed by atoms with Gasteiger partial charge in [-0.15, -0.1) is 0 Å². The van der Waals surface area contributed by atoms with Crippen molar-refractivity contribution < 1.29 is 29.2 Å². The van der Waals surface area contributed by atoms with Crippen LogP contribution in [0, 0.1) is 5.95 Å². The second-order valence-corrected chi connectivity index (χ2v) is 5.26. The molecular weight excluding hydrogens is 293 g/mol. The molecule has 7 heteroatoms. The first kappa shape index (κ1) is 15.1. The maximum atomic E-state index is 13.3. The predicted molar refractivity (Wildman–Crippen MR) is 74.7 cm³/mol. The van der Waals surface area contributed by atoms with Crippen LogP contribution in [0.1, 0.15) is 6.92 Å². The van der Waals surface area contributed by atoms with Crippen LogP contribution < -0.4 is 4.74 Å². The molecule has 0 radical (unpaired) electrons. The van der Waals surface area contributed by atoms with Gasteiger partial charge in [-0.25, -0.2) is 4.98 Å². The first-order chi connectivity index (χ1) is 10.5. The molecule has 0 bridgehead atoms. The smallest absolute Gasteiger partial charge is 0.229 e. The van der Waals surface area contributed by atoms with Crippen molar-refractivity contribution in [3.63, 3.8) is 0 Å². The van der Waals surface area contributed by atoms with Crippen molar-refractivity contribution in [2.24, 2.45) is 0 Å². The molecule has 0 saturated carbocycles. The SMILES string of the molecule is C[C@H]1OC(Oc2cccc3ccc(F)nc23)[C@H](O)[C@@H](O)[C@@H]1O. The largest absolute Gasteiger partial charge is 0.460 e. The summed E-state index contributed by atoms with van der Waals surface area (Å²) >= 11 is 0. The summed E-state index contributed by atoms with van der Waals surface area (Å²) in [5.74, 6) is -0.436. The molecule has 0 aliphatic carbocycles. The maximum Gasteiger partial charge on any atom is 0.229 e. The Morgan fingerprint density at radius 1 is 1.09 bits per heavy atom.